The number of likely N-dealkylation sites (tertiary alicyclic amines) is 1. The van der Waals surface area contributed by atoms with E-state index >= 15 is 0 Å². The van der Waals surface area contributed by atoms with Crippen LogP contribution in [-0.2, 0) is 16.1 Å². The van der Waals surface area contributed by atoms with E-state index in [9.17, 15) is 9.90 Å². The van der Waals surface area contributed by atoms with E-state index in [4.69, 9.17) is 10.5 Å². The summed E-state index contributed by atoms with van der Waals surface area (Å²) in [5.74, 6) is 6.07. The Hall–Kier alpha value is -3.54. The molecule has 8 heteroatoms. The molecule has 152 valence electrons. The lowest BCUT2D eigenvalue weighted by Gasteiger charge is -2.13. The van der Waals surface area contributed by atoms with Gasteiger partial charge < -0.3 is 20.5 Å². The fourth-order valence-electron chi connectivity index (χ4n) is 3.34. The van der Waals surface area contributed by atoms with E-state index in [1.807, 2.05) is 36.4 Å². The Morgan fingerprint density at radius 2 is 2.10 bits per heavy atom. The van der Waals surface area contributed by atoms with Crippen molar-refractivity contribution < 1.29 is 14.6 Å². The van der Waals surface area contributed by atoms with Gasteiger partial charge in [-0.05, 0) is 24.3 Å². The van der Waals surface area contributed by atoms with Crippen LogP contribution in [0.5, 0.6) is 0 Å². The maximum absolute atomic E-state index is 12.1. The highest BCUT2D eigenvalue weighted by atomic mass is 16.5. The van der Waals surface area contributed by atoms with Crippen molar-refractivity contribution >= 4 is 22.8 Å². The molecule has 1 aromatic carbocycles. The second-order valence-corrected chi connectivity index (χ2v) is 7.19. The quantitative estimate of drug-likeness (QED) is 0.635. The van der Waals surface area contributed by atoms with Gasteiger partial charge in [-0.3, -0.25) is 4.79 Å². The number of methoxy groups -OCH3 is 1. The van der Waals surface area contributed by atoms with E-state index in [1.54, 1.807) is 14.2 Å². The van der Waals surface area contributed by atoms with Crippen molar-refractivity contribution in [1.82, 2.24) is 19.9 Å². The first kappa shape index (κ1) is 19.8. The van der Waals surface area contributed by atoms with E-state index in [1.165, 1.54) is 4.90 Å². The van der Waals surface area contributed by atoms with Gasteiger partial charge in [0.05, 0.1) is 11.2 Å². The smallest absolute Gasteiger partial charge is 0.267 e. The van der Waals surface area contributed by atoms with Gasteiger partial charge in [0.2, 0.25) is 5.60 Å². The summed E-state index contributed by atoms with van der Waals surface area (Å²) in [5, 5.41) is 10.5. The minimum Gasteiger partial charge on any atom is -0.382 e. The minimum atomic E-state index is -1.63. The maximum Gasteiger partial charge on any atom is 0.267 e. The molecule has 3 aromatic rings. The normalized spacial score (nSPS) is 18.5. The Kier molecular flexibility index (Phi) is 5.08. The topological polar surface area (TPSA) is 114 Å². The summed E-state index contributed by atoms with van der Waals surface area (Å²) in [6, 6.07) is 11.1. The highest BCUT2D eigenvalue weighted by molar-refractivity contribution is 5.90. The van der Waals surface area contributed by atoms with Crippen molar-refractivity contribution in [3.8, 4) is 23.1 Å². The van der Waals surface area contributed by atoms with Gasteiger partial charge in [-0.25, -0.2) is 15.0 Å². The molecule has 1 fully saturated rings. The van der Waals surface area contributed by atoms with Crippen molar-refractivity contribution in [2.45, 2.75) is 18.6 Å². The molecule has 3 N–H and O–H groups in total. The van der Waals surface area contributed by atoms with Crippen LogP contribution in [0.1, 0.15) is 17.8 Å². The van der Waals surface area contributed by atoms with Gasteiger partial charge in [0.15, 0.2) is 11.6 Å². The molecule has 4 rings (SSSR count). The standard InChI is InChI=1S/C22H21N5O3/c1-27-11-10-22(29,21(27)28)9-8-14-4-3-5-15(12-14)16-6-7-17-19(25-16)20(23)26-18(24-17)13-30-2/h3-7,12,29H,10-11,13H2,1-2H3,(H2,23,24,26)/t22-/m0/s1. The summed E-state index contributed by atoms with van der Waals surface area (Å²) in [5.41, 5.74) is 7.78. The van der Waals surface area contributed by atoms with E-state index in [2.05, 4.69) is 26.8 Å². The number of carbonyl (C=O) groups is 1. The third kappa shape index (κ3) is 3.68. The van der Waals surface area contributed by atoms with Crippen LogP contribution in [0.15, 0.2) is 36.4 Å². The van der Waals surface area contributed by atoms with Crippen LogP contribution in [0.4, 0.5) is 5.82 Å². The molecule has 3 heterocycles. The molecule has 0 aliphatic carbocycles. The molecule has 1 saturated heterocycles. The lowest BCUT2D eigenvalue weighted by atomic mass is 10.0. The van der Waals surface area contributed by atoms with Crippen LogP contribution in [0.25, 0.3) is 22.3 Å². The van der Waals surface area contributed by atoms with Crippen LogP contribution in [0.3, 0.4) is 0 Å². The van der Waals surface area contributed by atoms with E-state index < -0.39 is 5.60 Å². The summed E-state index contributed by atoms with van der Waals surface area (Å²) in [6.07, 6.45) is 0.297. The first-order valence-electron chi connectivity index (χ1n) is 9.43. The number of likely N-dealkylation sites (N-methyl/N-ethyl adjacent to an activating group) is 1. The van der Waals surface area contributed by atoms with Crippen molar-refractivity contribution in [2.24, 2.45) is 0 Å². The first-order chi connectivity index (χ1) is 14.4. The molecule has 0 saturated carbocycles. The van der Waals surface area contributed by atoms with E-state index in [-0.39, 0.29) is 18.3 Å². The number of anilines is 1. The van der Waals surface area contributed by atoms with Gasteiger partial charge >= 0.3 is 0 Å². The molecule has 1 aliphatic rings. The Morgan fingerprint density at radius 3 is 2.83 bits per heavy atom. The molecule has 2 aromatic heterocycles. The molecule has 1 atom stereocenters. The molecule has 0 unspecified atom stereocenters. The lowest BCUT2D eigenvalue weighted by molar-refractivity contribution is -0.137. The molecular weight excluding hydrogens is 382 g/mol. The average Bonchev–Trinajstić information content (AvgIpc) is 3.00. The number of aromatic nitrogens is 3. The van der Waals surface area contributed by atoms with E-state index in [0.717, 1.165) is 5.56 Å². The summed E-state index contributed by atoms with van der Waals surface area (Å²) >= 11 is 0. The zero-order valence-electron chi connectivity index (χ0n) is 16.7. The number of carbonyl (C=O) groups excluding carboxylic acids is 1. The number of pyridine rings is 1. The van der Waals surface area contributed by atoms with Gasteiger partial charge in [0.1, 0.15) is 12.1 Å². The Labute approximate surface area is 173 Å². The van der Waals surface area contributed by atoms with Gasteiger partial charge in [0.25, 0.3) is 5.91 Å². The number of nitrogen functional groups attached to an aromatic ring is 1. The van der Waals surface area contributed by atoms with Crippen LogP contribution in [0, 0.1) is 11.8 Å². The second-order valence-electron chi connectivity index (χ2n) is 7.19. The maximum atomic E-state index is 12.1. The fourth-order valence-corrected chi connectivity index (χ4v) is 3.34. The molecule has 0 bridgehead atoms. The lowest BCUT2D eigenvalue weighted by Crippen LogP contribution is -2.37. The molecule has 1 aliphatic heterocycles. The van der Waals surface area contributed by atoms with Gasteiger partial charge in [-0.15, -0.1) is 0 Å². The van der Waals surface area contributed by atoms with Crippen LogP contribution < -0.4 is 5.73 Å². The largest absolute Gasteiger partial charge is 0.382 e. The number of fused-ring (bicyclic) bond motifs is 1. The number of nitrogens with zero attached hydrogens (tertiary/aromatic N) is 4. The summed E-state index contributed by atoms with van der Waals surface area (Å²) in [6.45, 7) is 0.758. The monoisotopic (exact) mass is 403 g/mol. The third-order valence-corrected chi connectivity index (χ3v) is 4.97. The number of nitrogens with two attached hydrogens (primary N) is 1. The van der Waals surface area contributed by atoms with Crippen molar-refractivity contribution in [3.05, 3.63) is 47.8 Å². The first-order valence-corrected chi connectivity index (χ1v) is 9.43. The average molecular weight is 403 g/mol. The van der Waals surface area contributed by atoms with Crippen LogP contribution in [0.2, 0.25) is 0 Å². The number of aliphatic hydroxyl groups is 1. The summed E-state index contributed by atoms with van der Waals surface area (Å²) < 4.78 is 5.06. The number of hydrogen-bond acceptors (Lipinski definition) is 7. The van der Waals surface area contributed by atoms with Crippen LogP contribution in [-0.4, -0.2) is 57.2 Å². The third-order valence-electron chi connectivity index (χ3n) is 4.97. The van der Waals surface area contributed by atoms with Gasteiger partial charge in [-0.1, -0.05) is 24.0 Å². The highest BCUT2D eigenvalue weighted by Gasteiger charge is 2.42. The van der Waals surface area contributed by atoms with Gasteiger partial charge in [-0.2, -0.15) is 0 Å². The zero-order chi connectivity index (χ0) is 21.3. The van der Waals surface area contributed by atoms with Crippen molar-refractivity contribution in [1.29, 1.82) is 0 Å². The number of rotatable bonds is 3. The molecule has 30 heavy (non-hydrogen) atoms. The predicted octanol–water partition coefficient (Wildman–Crippen LogP) is 1.37. The van der Waals surface area contributed by atoms with Gasteiger partial charge in [0, 0.05) is 38.2 Å². The van der Waals surface area contributed by atoms with Crippen LogP contribution >= 0.6 is 0 Å². The number of hydrogen-bond donors (Lipinski definition) is 2. The summed E-state index contributed by atoms with van der Waals surface area (Å²) in [4.78, 5) is 26.8. The fraction of sp³-hybridized carbons (Fsp3) is 0.273. The minimum absolute atomic E-state index is 0.271. The molecular formula is C22H21N5O3. The zero-order valence-corrected chi connectivity index (χ0v) is 16.7. The molecule has 8 nitrogen and oxygen atoms in total. The Morgan fingerprint density at radius 1 is 1.27 bits per heavy atom. The number of benzene rings is 1. The SMILES string of the molecule is COCc1nc(N)c2nc(-c3cccc(C#C[C@]4(O)CCN(C)C4=O)c3)ccc2n1. The number of ether oxygens (including phenoxy) is 1. The Bertz CT molecular complexity index is 1200. The van der Waals surface area contributed by atoms with E-state index in [0.29, 0.717) is 41.1 Å². The van der Waals surface area contributed by atoms with Crippen molar-refractivity contribution in [2.75, 3.05) is 26.4 Å². The highest BCUT2D eigenvalue weighted by Crippen LogP contribution is 2.24. The molecule has 0 spiro atoms. The summed E-state index contributed by atoms with van der Waals surface area (Å²) in [7, 11) is 3.22. The van der Waals surface area contributed by atoms with Crippen molar-refractivity contribution in [3.63, 3.8) is 0 Å². The number of amides is 1. The predicted molar refractivity (Wildman–Crippen MR) is 112 cm³/mol. The second kappa shape index (κ2) is 7.71. The Balaban J connectivity index is 1.67. The molecule has 0 radical (unpaired) electrons. The molecule has 1 amide bonds.